The normalized spacial score (nSPS) is 11.0. The Bertz CT molecular complexity index is 168. The molecule has 0 heterocycles. The van der Waals surface area contributed by atoms with Gasteiger partial charge in [-0.3, -0.25) is 4.79 Å². The molecule has 0 atom stereocenters. The highest BCUT2D eigenvalue weighted by Crippen LogP contribution is 2.07. The van der Waals surface area contributed by atoms with Gasteiger partial charge in [0.25, 0.3) is 0 Å². The third-order valence-corrected chi connectivity index (χ3v) is 1.38. The highest BCUT2D eigenvalue weighted by molar-refractivity contribution is 5.87. The van der Waals surface area contributed by atoms with E-state index in [4.69, 9.17) is 0 Å². The van der Waals surface area contributed by atoms with E-state index in [1.54, 1.807) is 0 Å². The van der Waals surface area contributed by atoms with Gasteiger partial charge in [0.1, 0.15) is 5.60 Å². The van der Waals surface area contributed by atoms with E-state index >= 15 is 0 Å². The van der Waals surface area contributed by atoms with E-state index in [2.05, 4.69) is 0 Å². The number of ketones is 1. The average molecular weight is 156 g/mol. The van der Waals surface area contributed by atoms with Crippen LogP contribution in [0.1, 0.15) is 34.1 Å². The van der Waals surface area contributed by atoms with Crippen LogP contribution in [-0.2, 0) is 4.79 Å². The maximum atomic E-state index is 11.1. The fourth-order valence-corrected chi connectivity index (χ4v) is 0.547. The number of Topliss-reactive ketones (excluding diaryl/α,β-unsaturated/α-hetero) is 1. The molecule has 0 saturated heterocycles. The van der Waals surface area contributed by atoms with Gasteiger partial charge in [-0.25, -0.2) is 0 Å². The van der Waals surface area contributed by atoms with Crippen LogP contribution in [0.25, 0.3) is 0 Å². The van der Waals surface area contributed by atoms with E-state index < -0.39 is 5.60 Å². The van der Waals surface area contributed by atoms with Crippen molar-refractivity contribution in [3.63, 3.8) is 0 Å². The summed E-state index contributed by atoms with van der Waals surface area (Å²) in [5, 5.41) is 9.22. The van der Waals surface area contributed by atoms with Gasteiger partial charge in [0.05, 0.1) is 0 Å². The summed E-state index contributed by atoms with van der Waals surface area (Å²) in [4.78, 5) is 11.1. The molecule has 0 fully saturated rings. The maximum absolute atomic E-state index is 11.1. The molecule has 2 heteroatoms. The predicted molar refractivity (Wildman–Crippen MR) is 45.4 cm³/mol. The minimum Gasteiger partial charge on any atom is -0.383 e. The van der Waals surface area contributed by atoms with Crippen LogP contribution in [0.4, 0.5) is 0 Å². The van der Waals surface area contributed by atoms with Gasteiger partial charge in [0.2, 0.25) is 0 Å². The minimum atomic E-state index is -1.19. The first-order valence-corrected chi connectivity index (χ1v) is 3.73. The van der Waals surface area contributed by atoms with Gasteiger partial charge >= 0.3 is 0 Å². The summed E-state index contributed by atoms with van der Waals surface area (Å²) in [6.07, 6.45) is 2.14. The Morgan fingerprint density at radius 3 is 2.18 bits per heavy atom. The fourth-order valence-electron chi connectivity index (χ4n) is 0.547. The lowest BCUT2D eigenvalue weighted by Gasteiger charge is -2.13. The van der Waals surface area contributed by atoms with Gasteiger partial charge in [-0.2, -0.15) is 0 Å². The summed E-state index contributed by atoms with van der Waals surface area (Å²) in [6, 6.07) is 0. The quantitative estimate of drug-likeness (QED) is 0.631. The van der Waals surface area contributed by atoms with Crippen LogP contribution in [0.3, 0.4) is 0 Å². The molecule has 64 valence electrons. The molecule has 0 rings (SSSR count). The van der Waals surface area contributed by atoms with Crippen molar-refractivity contribution in [2.45, 2.75) is 39.7 Å². The van der Waals surface area contributed by atoms with Crippen LogP contribution in [0, 0.1) is 0 Å². The van der Waals surface area contributed by atoms with Crippen molar-refractivity contribution >= 4 is 5.78 Å². The monoisotopic (exact) mass is 156 g/mol. The number of aliphatic hydroxyl groups is 1. The molecule has 0 aliphatic carbocycles. The van der Waals surface area contributed by atoms with Crippen LogP contribution >= 0.6 is 0 Å². The average Bonchev–Trinajstić information content (AvgIpc) is 1.80. The van der Waals surface area contributed by atoms with Gasteiger partial charge in [0, 0.05) is 6.42 Å². The van der Waals surface area contributed by atoms with Crippen LogP contribution in [-0.4, -0.2) is 16.5 Å². The largest absolute Gasteiger partial charge is 0.383 e. The Kier molecular flexibility index (Phi) is 3.46. The molecule has 0 unspecified atom stereocenters. The maximum Gasteiger partial charge on any atom is 0.167 e. The minimum absolute atomic E-state index is 0.140. The Morgan fingerprint density at radius 1 is 1.45 bits per heavy atom. The van der Waals surface area contributed by atoms with Crippen LogP contribution in [0.15, 0.2) is 11.6 Å². The molecule has 0 aliphatic heterocycles. The van der Waals surface area contributed by atoms with Gasteiger partial charge < -0.3 is 5.11 Å². The number of carbonyl (C=O) groups excluding carboxylic acids is 1. The Morgan fingerprint density at radius 2 is 1.91 bits per heavy atom. The topological polar surface area (TPSA) is 37.3 Å². The van der Waals surface area contributed by atoms with E-state index in [-0.39, 0.29) is 5.78 Å². The zero-order valence-electron chi connectivity index (χ0n) is 7.64. The van der Waals surface area contributed by atoms with Crippen molar-refractivity contribution in [1.82, 2.24) is 0 Å². The zero-order valence-corrected chi connectivity index (χ0v) is 7.64. The van der Waals surface area contributed by atoms with E-state index in [9.17, 15) is 9.90 Å². The number of rotatable bonds is 3. The molecular weight excluding hydrogens is 140 g/mol. The van der Waals surface area contributed by atoms with Crippen molar-refractivity contribution in [3.05, 3.63) is 11.6 Å². The van der Waals surface area contributed by atoms with E-state index in [0.29, 0.717) is 6.42 Å². The standard InChI is InChI=1S/C9H16O2/c1-7(2)5-6-8(10)9(3,4)11/h5,11H,6H2,1-4H3. The third-order valence-electron chi connectivity index (χ3n) is 1.38. The number of carbonyl (C=O) groups is 1. The molecule has 0 bridgehead atoms. The lowest BCUT2D eigenvalue weighted by molar-refractivity contribution is -0.133. The fraction of sp³-hybridized carbons (Fsp3) is 0.667. The number of hydrogen-bond donors (Lipinski definition) is 1. The zero-order chi connectivity index (χ0) is 9.07. The van der Waals surface area contributed by atoms with Crippen molar-refractivity contribution in [3.8, 4) is 0 Å². The molecule has 2 nitrogen and oxygen atoms in total. The highest BCUT2D eigenvalue weighted by Gasteiger charge is 2.21. The SMILES string of the molecule is CC(C)=CCC(=O)C(C)(C)O. The molecular formula is C9H16O2. The third kappa shape index (κ3) is 4.73. The summed E-state index contributed by atoms with van der Waals surface area (Å²) < 4.78 is 0. The first-order valence-electron chi connectivity index (χ1n) is 3.73. The molecule has 0 spiro atoms. The molecule has 1 N–H and O–H groups in total. The summed E-state index contributed by atoms with van der Waals surface area (Å²) in [6.45, 7) is 6.87. The lowest BCUT2D eigenvalue weighted by atomic mass is 10.0. The van der Waals surface area contributed by atoms with Gasteiger partial charge in [0.15, 0.2) is 5.78 Å². The van der Waals surface area contributed by atoms with Crippen molar-refractivity contribution in [2.24, 2.45) is 0 Å². The smallest absolute Gasteiger partial charge is 0.167 e. The van der Waals surface area contributed by atoms with Crippen molar-refractivity contribution in [1.29, 1.82) is 0 Å². The summed E-state index contributed by atoms with van der Waals surface area (Å²) in [7, 11) is 0. The predicted octanol–water partition coefficient (Wildman–Crippen LogP) is 1.68. The first kappa shape index (κ1) is 10.4. The Labute approximate surface area is 67.9 Å². The molecule has 0 aliphatic rings. The second-order valence-corrected chi connectivity index (χ2v) is 3.47. The van der Waals surface area contributed by atoms with Crippen molar-refractivity contribution in [2.75, 3.05) is 0 Å². The molecule has 11 heavy (non-hydrogen) atoms. The Balaban J connectivity index is 4.01. The lowest BCUT2D eigenvalue weighted by Crippen LogP contribution is -2.30. The summed E-state index contributed by atoms with van der Waals surface area (Å²) >= 11 is 0. The van der Waals surface area contributed by atoms with Crippen molar-refractivity contribution < 1.29 is 9.90 Å². The van der Waals surface area contributed by atoms with Crippen LogP contribution < -0.4 is 0 Å². The van der Waals surface area contributed by atoms with Gasteiger partial charge in [-0.1, -0.05) is 11.6 Å². The van der Waals surface area contributed by atoms with E-state index in [1.165, 1.54) is 13.8 Å². The number of hydrogen-bond acceptors (Lipinski definition) is 2. The molecule has 0 aromatic rings. The molecule has 0 aromatic carbocycles. The molecule has 0 amide bonds. The molecule has 0 aromatic heterocycles. The molecule has 0 radical (unpaired) electrons. The summed E-state index contributed by atoms with van der Waals surface area (Å²) in [5.41, 5.74) is -0.0889. The second-order valence-electron chi connectivity index (χ2n) is 3.47. The van der Waals surface area contributed by atoms with E-state index in [1.807, 2.05) is 19.9 Å². The van der Waals surface area contributed by atoms with Gasteiger partial charge in [-0.05, 0) is 27.7 Å². The van der Waals surface area contributed by atoms with E-state index in [0.717, 1.165) is 5.57 Å². The second kappa shape index (κ2) is 3.67. The summed E-state index contributed by atoms with van der Waals surface area (Å²) in [5.74, 6) is -0.140. The molecule has 0 saturated carbocycles. The van der Waals surface area contributed by atoms with Crippen LogP contribution in [0.2, 0.25) is 0 Å². The highest BCUT2D eigenvalue weighted by atomic mass is 16.3. The number of allylic oxidation sites excluding steroid dienone is 2. The first-order chi connectivity index (χ1) is 4.84. The van der Waals surface area contributed by atoms with Gasteiger partial charge in [-0.15, -0.1) is 0 Å². The Hall–Kier alpha value is -0.630. The van der Waals surface area contributed by atoms with Crippen LogP contribution in [0.5, 0.6) is 0 Å².